The fourth-order valence-electron chi connectivity index (χ4n) is 0.949. The van der Waals surface area contributed by atoms with Crippen molar-refractivity contribution in [2.75, 3.05) is 6.61 Å². The molecule has 0 aromatic heterocycles. The third-order valence-corrected chi connectivity index (χ3v) is 1.80. The van der Waals surface area contributed by atoms with Crippen LogP contribution in [0.4, 0.5) is 0 Å². The van der Waals surface area contributed by atoms with E-state index >= 15 is 0 Å². The number of carbonyl (C=O) groups excluding carboxylic acids is 1. The van der Waals surface area contributed by atoms with E-state index in [2.05, 4.69) is 6.58 Å². The van der Waals surface area contributed by atoms with Gasteiger partial charge in [-0.1, -0.05) is 13.5 Å². The minimum absolute atomic E-state index is 0.375. The average molecular weight is 182 g/mol. The molecular formula is C10H14O3. The van der Waals surface area contributed by atoms with E-state index < -0.39 is 0 Å². The van der Waals surface area contributed by atoms with Gasteiger partial charge in [0.25, 0.3) is 0 Å². The Kier molecular flexibility index (Phi) is 3.12. The molecule has 1 aliphatic heterocycles. The van der Waals surface area contributed by atoms with Crippen molar-refractivity contribution in [1.29, 1.82) is 0 Å². The number of rotatable bonds is 3. The minimum atomic E-state index is -0.375. The van der Waals surface area contributed by atoms with Gasteiger partial charge in [-0.2, -0.15) is 0 Å². The Bertz CT molecular complexity index is 257. The maximum atomic E-state index is 11.1. The first-order chi connectivity index (χ1) is 6.15. The van der Waals surface area contributed by atoms with Crippen molar-refractivity contribution < 1.29 is 14.3 Å². The lowest BCUT2D eigenvalue weighted by Crippen LogP contribution is -2.15. The second-order valence-corrected chi connectivity index (χ2v) is 2.97. The molecule has 0 radical (unpaired) electrons. The van der Waals surface area contributed by atoms with Gasteiger partial charge in [0.2, 0.25) is 0 Å². The van der Waals surface area contributed by atoms with Crippen LogP contribution < -0.4 is 0 Å². The second-order valence-electron chi connectivity index (χ2n) is 2.97. The molecule has 1 saturated heterocycles. The molecule has 0 bridgehead atoms. The lowest BCUT2D eigenvalue weighted by Gasteiger charge is -2.22. The van der Waals surface area contributed by atoms with Crippen molar-refractivity contribution in [1.82, 2.24) is 0 Å². The molecular weight excluding hydrogens is 168 g/mol. The zero-order chi connectivity index (χ0) is 9.84. The molecule has 0 aromatic rings. The lowest BCUT2D eigenvalue weighted by molar-refractivity contribution is -0.135. The SMILES string of the molecule is C=C(C)C(=O)OC(CC)=C1CCO1. The fourth-order valence-corrected chi connectivity index (χ4v) is 0.949. The number of carbonyl (C=O) groups is 1. The predicted molar refractivity (Wildman–Crippen MR) is 48.8 cm³/mol. The van der Waals surface area contributed by atoms with Gasteiger partial charge < -0.3 is 9.47 Å². The van der Waals surface area contributed by atoms with Gasteiger partial charge in [-0.3, -0.25) is 0 Å². The molecule has 0 atom stereocenters. The van der Waals surface area contributed by atoms with E-state index in [9.17, 15) is 4.79 Å². The van der Waals surface area contributed by atoms with Crippen molar-refractivity contribution >= 4 is 5.97 Å². The molecule has 72 valence electrons. The summed E-state index contributed by atoms with van der Waals surface area (Å²) < 4.78 is 10.2. The number of ether oxygens (including phenoxy) is 2. The molecule has 1 heterocycles. The molecule has 3 heteroatoms. The highest BCUT2D eigenvalue weighted by atomic mass is 16.6. The first kappa shape index (κ1) is 9.84. The van der Waals surface area contributed by atoms with Crippen molar-refractivity contribution in [2.24, 2.45) is 0 Å². The standard InChI is InChI=1S/C10H14O3/c1-4-8(9-5-6-12-9)13-10(11)7(2)3/h2,4-6H2,1,3H3. The van der Waals surface area contributed by atoms with Crippen molar-refractivity contribution in [3.63, 3.8) is 0 Å². The first-order valence-corrected chi connectivity index (χ1v) is 4.37. The van der Waals surface area contributed by atoms with Gasteiger partial charge in [-0.15, -0.1) is 0 Å². The molecule has 3 nitrogen and oxygen atoms in total. The zero-order valence-corrected chi connectivity index (χ0v) is 8.05. The molecule has 1 fully saturated rings. The van der Waals surface area contributed by atoms with Crippen LogP contribution in [0.2, 0.25) is 0 Å². The van der Waals surface area contributed by atoms with E-state index in [4.69, 9.17) is 9.47 Å². The fraction of sp³-hybridized carbons (Fsp3) is 0.500. The number of esters is 1. The molecule has 1 aliphatic rings. The molecule has 0 amide bonds. The summed E-state index contributed by atoms with van der Waals surface area (Å²) in [5.41, 5.74) is 0.408. The Hall–Kier alpha value is -1.25. The van der Waals surface area contributed by atoms with E-state index in [1.807, 2.05) is 6.92 Å². The summed E-state index contributed by atoms with van der Waals surface area (Å²) >= 11 is 0. The molecule has 13 heavy (non-hydrogen) atoms. The molecule has 0 N–H and O–H groups in total. The van der Waals surface area contributed by atoms with Crippen LogP contribution in [0.5, 0.6) is 0 Å². The number of hydrogen-bond acceptors (Lipinski definition) is 3. The largest absolute Gasteiger partial charge is 0.494 e. The van der Waals surface area contributed by atoms with Crippen LogP contribution in [-0.2, 0) is 14.3 Å². The number of allylic oxidation sites excluding steroid dienone is 1. The minimum Gasteiger partial charge on any atom is -0.494 e. The van der Waals surface area contributed by atoms with E-state index in [1.165, 1.54) is 0 Å². The highest BCUT2D eigenvalue weighted by molar-refractivity contribution is 5.87. The van der Waals surface area contributed by atoms with Crippen LogP contribution in [0.1, 0.15) is 26.7 Å². The Morgan fingerprint density at radius 3 is 2.62 bits per heavy atom. The second kappa shape index (κ2) is 4.12. The maximum absolute atomic E-state index is 11.1. The Morgan fingerprint density at radius 2 is 2.31 bits per heavy atom. The Labute approximate surface area is 78.0 Å². The van der Waals surface area contributed by atoms with E-state index in [-0.39, 0.29) is 5.97 Å². The third kappa shape index (κ3) is 2.34. The molecule has 0 aliphatic carbocycles. The summed E-state index contributed by atoms with van der Waals surface area (Å²) in [5.74, 6) is 1.07. The lowest BCUT2D eigenvalue weighted by atomic mass is 10.2. The van der Waals surface area contributed by atoms with Crippen molar-refractivity contribution in [2.45, 2.75) is 26.7 Å². The molecule has 0 aromatic carbocycles. The van der Waals surface area contributed by atoms with E-state index in [0.29, 0.717) is 17.8 Å². The molecule has 1 rings (SSSR count). The smallest absolute Gasteiger partial charge is 0.338 e. The zero-order valence-electron chi connectivity index (χ0n) is 8.05. The topological polar surface area (TPSA) is 35.5 Å². The van der Waals surface area contributed by atoms with Gasteiger partial charge in [-0.25, -0.2) is 4.79 Å². The Balaban J connectivity index is 2.59. The Morgan fingerprint density at radius 1 is 1.69 bits per heavy atom. The van der Waals surface area contributed by atoms with Crippen LogP contribution in [-0.4, -0.2) is 12.6 Å². The third-order valence-electron chi connectivity index (χ3n) is 1.80. The van der Waals surface area contributed by atoms with E-state index in [0.717, 1.165) is 18.8 Å². The molecule has 0 unspecified atom stereocenters. The van der Waals surface area contributed by atoms with Crippen LogP contribution in [0.15, 0.2) is 23.7 Å². The summed E-state index contributed by atoms with van der Waals surface area (Å²) in [5, 5.41) is 0. The average Bonchev–Trinajstić information content (AvgIpc) is 1.99. The van der Waals surface area contributed by atoms with Crippen LogP contribution in [0.25, 0.3) is 0 Å². The molecule has 0 spiro atoms. The van der Waals surface area contributed by atoms with Crippen molar-refractivity contribution in [3.05, 3.63) is 23.7 Å². The van der Waals surface area contributed by atoms with Gasteiger partial charge in [0.05, 0.1) is 6.61 Å². The first-order valence-electron chi connectivity index (χ1n) is 4.37. The monoisotopic (exact) mass is 182 g/mol. The van der Waals surface area contributed by atoms with Crippen LogP contribution in [0, 0.1) is 0 Å². The maximum Gasteiger partial charge on any atom is 0.338 e. The summed E-state index contributed by atoms with van der Waals surface area (Å²) in [7, 11) is 0. The van der Waals surface area contributed by atoms with E-state index in [1.54, 1.807) is 6.92 Å². The summed E-state index contributed by atoms with van der Waals surface area (Å²) in [4.78, 5) is 11.1. The number of hydrogen-bond donors (Lipinski definition) is 0. The summed E-state index contributed by atoms with van der Waals surface area (Å²) in [6.45, 7) is 7.79. The molecule has 0 saturated carbocycles. The summed E-state index contributed by atoms with van der Waals surface area (Å²) in [6.07, 6.45) is 1.54. The normalized spacial score (nSPS) is 18.3. The highest BCUT2D eigenvalue weighted by Crippen LogP contribution is 2.23. The van der Waals surface area contributed by atoms with Gasteiger partial charge in [0.15, 0.2) is 0 Å². The van der Waals surface area contributed by atoms with Gasteiger partial charge in [0, 0.05) is 18.4 Å². The van der Waals surface area contributed by atoms with Crippen LogP contribution >= 0.6 is 0 Å². The van der Waals surface area contributed by atoms with Crippen molar-refractivity contribution in [3.8, 4) is 0 Å². The van der Waals surface area contributed by atoms with Crippen LogP contribution in [0.3, 0.4) is 0 Å². The van der Waals surface area contributed by atoms with Gasteiger partial charge in [0.1, 0.15) is 11.5 Å². The van der Waals surface area contributed by atoms with Gasteiger partial charge in [-0.05, 0) is 6.92 Å². The predicted octanol–water partition coefficient (Wildman–Crippen LogP) is 2.15. The summed E-state index contributed by atoms with van der Waals surface area (Å²) in [6, 6.07) is 0. The quantitative estimate of drug-likeness (QED) is 0.381. The highest BCUT2D eigenvalue weighted by Gasteiger charge is 2.18. The van der Waals surface area contributed by atoms with Gasteiger partial charge >= 0.3 is 5.97 Å².